The lowest BCUT2D eigenvalue weighted by Crippen LogP contribution is -2.34. The molecule has 0 amide bonds. The Balaban J connectivity index is 3.07. The fourth-order valence-corrected chi connectivity index (χ4v) is 1.83. The van der Waals surface area contributed by atoms with Crippen LogP contribution in [0.3, 0.4) is 0 Å². The van der Waals surface area contributed by atoms with Crippen molar-refractivity contribution in [1.82, 2.24) is 0 Å². The van der Waals surface area contributed by atoms with Crippen LogP contribution in [-0.4, -0.2) is 23.4 Å². The van der Waals surface area contributed by atoms with E-state index >= 15 is 0 Å². The van der Waals surface area contributed by atoms with Gasteiger partial charge in [0.2, 0.25) is 0 Å². The molecule has 0 saturated heterocycles. The van der Waals surface area contributed by atoms with Gasteiger partial charge in [-0.3, -0.25) is 0 Å². The van der Waals surface area contributed by atoms with E-state index in [9.17, 15) is 14.6 Å². The van der Waals surface area contributed by atoms with Gasteiger partial charge in [0, 0.05) is 5.41 Å². The second kappa shape index (κ2) is 5.24. The van der Waals surface area contributed by atoms with Gasteiger partial charge in [0.05, 0.1) is 13.2 Å². The molecule has 0 aromatic heterocycles. The van der Waals surface area contributed by atoms with E-state index < -0.39 is 5.41 Å². The molecule has 0 bridgehead atoms. The number of halogens is 1. The molecule has 1 aromatic carbocycles. The summed E-state index contributed by atoms with van der Waals surface area (Å²) in [4.78, 5) is 0. The van der Waals surface area contributed by atoms with Crippen LogP contribution in [-0.2, 0) is 5.41 Å². The van der Waals surface area contributed by atoms with Crippen LogP contribution in [0, 0.1) is 5.82 Å². The zero-order chi connectivity index (χ0) is 11.3. The van der Waals surface area contributed by atoms with E-state index in [2.05, 4.69) is 0 Å². The van der Waals surface area contributed by atoms with Gasteiger partial charge in [-0.1, -0.05) is 25.5 Å². The minimum Gasteiger partial charge on any atom is -0.395 e. The molecule has 0 spiro atoms. The van der Waals surface area contributed by atoms with Crippen molar-refractivity contribution in [2.75, 3.05) is 13.2 Å². The van der Waals surface area contributed by atoms with Gasteiger partial charge in [-0.25, -0.2) is 4.39 Å². The second-order valence-electron chi connectivity index (χ2n) is 3.86. The summed E-state index contributed by atoms with van der Waals surface area (Å²) in [7, 11) is 0. The molecule has 1 aromatic rings. The zero-order valence-electron chi connectivity index (χ0n) is 8.91. The average Bonchev–Trinajstić information content (AvgIpc) is 2.26. The van der Waals surface area contributed by atoms with Crippen LogP contribution in [0.5, 0.6) is 0 Å². The van der Waals surface area contributed by atoms with Crippen LogP contribution in [0.15, 0.2) is 24.3 Å². The van der Waals surface area contributed by atoms with E-state index in [1.54, 1.807) is 12.1 Å². The highest BCUT2D eigenvalue weighted by atomic mass is 19.1. The minimum absolute atomic E-state index is 0.166. The highest BCUT2D eigenvalue weighted by molar-refractivity contribution is 5.26. The summed E-state index contributed by atoms with van der Waals surface area (Å²) in [6.07, 6.45) is 1.47. The van der Waals surface area contributed by atoms with Crippen LogP contribution in [0.1, 0.15) is 25.3 Å². The standard InChI is InChI=1S/C12H17FO2/c1-2-6-12(8-14,9-15)10-4-3-5-11(13)7-10/h3-5,7,14-15H,2,6,8-9H2,1H3. The van der Waals surface area contributed by atoms with Crippen molar-refractivity contribution in [3.05, 3.63) is 35.6 Å². The largest absolute Gasteiger partial charge is 0.395 e. The van der Waals surface area contributed by atoms with Crippen molar-refractivity contribution in [3.63, 3.8) is 0 Å². The molecule has 3 heteroatoms. The van der Waals surface area contributed by atoms with Crippen LogP contribution in [0.2, 0.25) is 0 Å². The molecule has 0 fully saturated rings. The fraction of sp³-hybridized carbons (Fsp3) is 0.500. The molecule has 0 heterocycles. The van der Waals surface area contributed by atoms with Crippen molar-refractivity contribution in [2.24, 2.45) is 0 Å². The fourth-order valence-electron chi connectivity index (χ4n) is 1.83. The predicted molar refractivity (Wildman–Crippen MR) is 57.2 cm³/mol. The van der Waals surface area contributed by atoms with E-state index in [-0.39, 0.29) is 19.0 Å². The van der Waals surface area contributed by atoms with E-state index in [0.717, 1.165) is 6.42 Å². The Morgan fingerprint density at radius 2 is 1.93 bits per heavy atom. The van der Waals surface area contributed by atoms with Gasteiger partial charge in [0.15, 0.2) is 0 Å². The summed E-state index contributed by atoms with van der Waals surface area (Å²) in [6.45, 7) is 1.64. The highest BCUT2D eigenvalue weighted by Crippen LogP contribution is 2.29. The van der Waals surface area contributed by atoms with Crippen molar-refractivity contribution in [2.45, 2.75) is 25.2 Å². The second-order valence-corrected chi connectivity index (χ2v) is 3.86. The van der Waals surface area contributed by atoms with Crippen LogP contribution in [0.4, 0.5) is 4.39 Å². The maximum absolute atomic E-state index is 13.0. The third kappa shape index (κ3) is 2.55. The summed E-state index contributed by atoms with van der Waals surface area (Å²) in [5.74, 6) is -0.338. The Labute approximate surface area is 89.4 Å². The quantitative estimate of drug-likeness (QED) is 0.782. The summed E-state index contributed by atoms with van der Waals surface area (Å²) in [6, 6.07) is 6.07. The monoisotopic (exact) mass is 212 g/mol. The molecule has 2 nitrogen and oxygen atoms in total. The lowest BCUT2D eigenvalue weighted by atomic mass is 9.78. The maximum Gasteiger partial charge on any atom is 0.123 e. The smallest absolute Gasteiger partial charge is 0.123 e. The Bertz CT molecular complexity index is 308. The summed E-state index contributed by atoms with van der Waals surface area (Å²) >= 11 is 0. The van der Waals surface area contributed by atoms with Gasteiger partial charge in [0.25, 0.3) is 0 Å². The van der Waals surface area contributed by atoms with E-state index in [1.807, 2.05) is 6.92 Å². The first-order chi connectivity index (χ1) is 7.18. The van der Waals surface area contributed by atoms with E-state index in [0.29, 0.717) is 12.0 Å². The molecule has 1 rings (SSSR count). The van der Waals surface area contributed by atoms with Crippen LogP contribution in [0.25, 0.3) is 0 Å². The number of aliphatic hydroxyl groups is 2. The number of hydrogen-bond acceptors (Lipinski definition) is 2. The van der Waals surface area contributed by atoms with Crippen LogP contribution >= 0.6 is 0 Å². The molecule has 0 saturated carbocycles. The molecule has 0 unspecified atom stereocenters. The molecule has 0 atom stereocenters. The lowest BCUT2D eigenvalue weighted by Gasteiger charge is -2.30. The van der Waals surface area contributed by atoms with Crippen molar-refractivity contribution < 1.29 is 14.6 Å². The minimum atomic E-state index is -0.711. The first-order valence-corrected chi connectivity index (χ1v) is 5.16. The Morgan fingerprint density at radius 1 is 1.27 bits per heavy atom. The van der Waals surface area contributed by atoms with Gasteiger partial charge in [-0.15, -0.1) is 0 Å². The molecule has 0 aliphatic carbocycles. The number of aliphatic hydroxyl groups excluding tert-OH is 2. The third-order valence-corrected chi connectivity index (χ3v) is 2.77. The summed E-state index contributed by atoms with van der Waals surface area (Å²) in [5, 5.41) is 18.7. The molecule has 15 heavy (non-hydrogen) atoms. The third-order valence-electron chi connectivity index (χ3n) is 2.77. The Morgan fingerprint density at radius 3 is 2.40 bits per heavy atom. The summed E-state index contributed by atoms with van der Waals surface area (Å²) in [5.41, 5.74) is -0.0500. The Hall–Kier alpha value is -0.930. The summed E-state index contributed by atoms with van der Waals surface area (Å²) < 4.78 is 13.0. The molecule has 84 valence electrons. The SMILES string of the molecule is CCCC(CO)(CO)c1cccc(F)c1. The van der Waals surface area contributed by atoms with Crippen molar-refractivity contribution >= 4 is 0 Å². The molecular formula is C12H17FO2. The van der Waals surface area contributed by atoms with Crippen LogP contribution < -0.4 is 0 Å². The first-order valence-electron chi connectivity index (χ1n) is 5.16. The van der Waals surface area contributed by atoms with Gasteiger partial charge >= 0.3 is 0 Å². The molecule has 0 radical (unpaired) electrons. The van der Waals surface area contributed by atoms with Gasteiger partial charge in [-0.05, 0) is 24.1 Å². The normalized spacial score (nSPS) is 11.7. The van der Waals surface area contributed by atoms with E-state index in [4.69, 9.17) is 0 Å². The number of rotatable bonds is 5. The van der Waals surface area contributed by atoms with Crippen molar-refractivity contribution in [3.8, 4) is 0 Å². The Kier molecular flexibility index (Phi) is 4.24. The lowest BCUT2D eigenvalue weighted by molar-refractivity contribution is 0.108. The van der Waals surface area contributed by atoms with Gasteiger partial charge < -0.3 is 10.2 Å². The first kappa shape index (κ1) is 12.1. The van der Waals surface area contributed by atoms with Crippen molar-refractivity contribution in [1.29, 1.82) is 0 Å². The number of hydrogen-bond donors (Lipinski definition) is 2. The predicted octanol–water partition coefficient (Wildman–Crippen LogP) is 1.85. The topological polar surface area (TPSA) is 40.5 Å². The highest BCUT2D eigenvalue weighted by Gasteiger charge is 2.30. The molecular weight excluding hydrogens is 195 g/mol. The zero-order valence-corrected chi connectivity index (χ0v) is 8.91. The average molecular weight is 212 g/mol. The van der Waals surface area contributed by atoms with Gasteiger partial charge in [0.1, 0.15) is 5.82 Å². The van der Waals surface area contributed by atoms with Gasteiger partial charge in [-0.2, -0.15) is 0 Å². The molecule has 0 aliphatic heterocycles. The molecule has 0 aliphatic rings. The number of benzene rings is 1. The van der Waals surface area contributed by atoms with E-state index in [1.165, 1.54) is 12.1 Å². The maximum atomic E-state index is 13.0. The molecule has 2 N–H and O–H groups in total.